The molecule has 1 aliphatic rings. The molecule has 0 radical (unpaired) electrons. The van der Waals surface area contributed by atoms with Crippen molar-refractivity contribution in [2.75, 3.05) is 45.2 Å². The minimum Gasteiger partial charge on any atom is -0.353 e. The lowest BCUT2D eigenvalue weighted by atomic mass is 10.2. The first-order valence-corrected chi connectivity index (χ1v) is 10.5. The number of nitrogens with zero attached hydrogens (tertiary/aromatic N) is 5. The van der Waals surface area contributed by atoms with E-state index in [1.807, 2.05) is 4.90 Å². The van der Waals surface area contributed by atoms with Crippen LogP contribution in [0.5, 0.6) is 0 Å². The standard InChI is InChI=1S/C18H21N5O6S/c1-20(29-2)30(27,28)16-5-3-4-14(12-16)18(24)22-10-8-21(9-11-22)17-7-6-15(13-19-17)23(25)26/h3-7,12-13H,8-11H2,1-2H3. The number of piperazine rings is 1. The van der Waals surface area contributed by atoms with Crippen molar-refractivity contribution in [3.8, 4) is 0 Å². The summed E-state index contributed by atoms with van der Waals surface area (Å²) in [6, 6.07) is 8.79. The second-order valence-corrected chi connectivity index (χ2v) is 8.47. The molecule has 30 heavy (non-hydrogen) atoms. The van der Waals surface area contributed by atoms with Crippen LogP contribution < -0.4 is 4.90 Å². The maximum absolute atomic E-state index is 12.9. The minimum absolute atomic E-state index is 0.0357. The highest BCUT2D eigenvalue weighted by molar-refractivity contribution is 7.89. The largest absolute Gasteiger partial charge is 0.353 e. The van der Waals surface area contributed by atoms with Crippen LogP contribution in [0.15, 0.2) is 47.5 Å². The number of rotatable bonds is 6. The number of pyridine rings is 1. The quantitative estimate of drug-likeness (QED) is 0.488. The van der Waals surface area contributed by atoms with Crippen molar-refractivity contribution in [1.82, 2.24) is 14.4 Å². The van der Waals surface area contributed by atoms with E-state index in [4.69, 9.17) is 4.84 Å². The van der Waals surface area contributed by atoms with Gasteiger partial charge in [-0.05, 0) is 24.3 Å². The summed E-state index contributed by atoms with van der Waals surface area (Å²) in [5.74, 6) is 0.326. The predicted molar refractivity (Wildman–Crippen MR) is 107 cm³/mol. The van der Waals surface area contributed by atoms with Crippen molar-refractivity contribution < 1.29 is 23.0 Å². The van der Waals surface area contributed by atoms with E-state index in [1.165, 1.54) is 44.6 Å². The maximum atomic E-state index is 12.9. The zero-order valence-electron chi connectivity index (χ0n) is 16.5. The first-order valence-electron chi connectivity index (χ1n) is 9.02. The van der Waals surface area contributed by atoms with Crippen molar-refractivity contribution in [3.63, 3.8) is 0 Å². The third-order valence-corrected chi connectivity index (χ3v) is 6.48. The molecule has 0 aliphatic carbocycles. The summed E-state index contributed by atoms with van der Waals surface area (Å²) in [7, 11) is -1.34. The number of hydrogen-bond donors (Lipinski definition) is 0. The third kappa shape index (κ3) is 4.40. The highest BCUT2D eigenvalue weighted by Gasteiger charge is 2.26. The number of anilines is 1. The Kier molecular flexibility index (Phi) is 6.29. The van der Waals surface area contributed by atoms with Crippen LogP contribution in [0.2, 0.25) is 0 Å². The smallest absolute Gasteiger partial charge is 0.287 e. The zero-order valence-corrected chi connectivity index (χ0v) is 17.3. The molecule has 0 unspecified atom stereocenters. The van der Waals surface area contributed by atoms with Gasteiger partial charge >= 0.3 is 0 Å². The first kappa shape index (κ1) is 21.6. The van der Waals surface area contributed by atoms with Gasteiger partial charge in [-0.25, -0.2) is 13.4 Å². The topological polar surface area (TPSA) is 126 Å². The number of carbonyl (C=O) groups excluding carboxylic acids is 1. The summed E-state index contributed by atoms with van der Waals surface area (Å²) in [5, 5.41) is 10.7. The van der Waals surface area contributed by atoms with Crippen LogP contribution in [-0.2, 0) is 14.9 Å². The Morgan fingerprint density at radius 3 is 2.47 bits per heavy atom. The Bertz CT molecular complexity index is 1040. The van der Waals surface area contributed by atoms with Crippen LogP contribution in [-0.4, -0.2) is 73.9 Å². The number of hydrogen-bond acceptors (Lipinski definition) is 8. The molecule has 1 aliphatic heterocycles. The summed E-state index contributed by atoms with van der Waals surface area (Å²) in [6.07, 6.45) is 1.20. The Balaban J connectivity index is 1.68. The molecule has 1 amide bonds. The number of nitro groups is 1. The van der Waals surface area contributed by atoms with Gasteiger partial charge in [0.15, 0.2) is 0 Å². The van der Waals surface area contributed by atoms with E-state index in [-0.39, 0.29) is 22.1 Å². The molecule has 0 spiro atoms. The molecule has 2 aromatic rings. The summed E-state index contributed by atoms with van der Waals surface area (Å²) in [5.41, 5.74) is 0.184. The van der Waals surface area contributed by atoms with Crippen LogP contribution in [0.1, 0.15) is 10.4 Å². The van der Waals surface area contributed by atoms with E-state index in [0.29, 0.717) is 32.0 Å². The van der Waals surface area contributed by atoms with Crippen LogP contribution in [0, 0.1) is 10.1 Å². The number of amides is 1. The molecule has 1 aromatic carbocycles. The van der Waals surface area contributed by atoms with Crippen LogP contribution in [0.4, 0.5) is 11.5 Å². The molecule has 0 atom stereocenters. The first-order chi connectivity index (χ1) is 14.2. The van der Waals surface area contributed by atoms with Gasteiger partial charge < -0.3 is 9.80 Å². The molecule has 0 bridgehead atoms. The molecule has 160 valence electrons. The highest BCUT2D eigenvalue weighted by Crippen LogP contribution is 2.20. The second-order valence-electron chi connectivity index (χ2n) is 6.54. The molecule has 3 rings (SSSR count). The summed E-state index contributed by atoms with van der Waals surface area (Å²) < 4.78 is 25.5. The molecule has 11 nitrogen and oxygen atoms in total. The lowest BCUT2D eigenvalue weighted by molar-refractivity contribution is -0.385. The summed E-state index contributed by atoms with van der Waals surface area (Å²) in [4.78, 5) is 35.5. The maximum Gasteiger partial charge on any atom is 0.287 e. The normalized spacial score (nSPS) is 14.8. The molecule has 2 heterocycles. The summed E-state index contributed by atoms with van der Waals surface area (Å²) in [6.45, 7) is 1.82. The van der Waals surface area contributed by atoms with Crippen LogP contribution >= 0.6 is 0 Å². The lowest BCUT2D eigenvalue weighted by Crippen LogP contribution is -2.49. The second kappa shape index (κ2) is 8.73. The predicted octanol–water partition coefficient (Wildman–Crippen LogP) is 1.13. The van der Waals surface area contributed by atoms with Gasteiger partial charge in [0.05, 0.1) is 16.9 Å². The van der Waals surface area contributed by atoms with Gasteiger partial charge in [0.2, 0.25) is 0 Å². The number of aromatic nitrogens is 1. The van der Waals surface area contributed by atoms with Crippen molar-refractivity contribution in [2.45, 2.75) is 4.90 Å². The molecular weight excluding hydrogens is 414 g/mol. The van der Waals surface area contributed by atoms with E-state index in [9.17, 15) is 23.3 Å². The third-order valence-electron chi connectivity index (χ3n) is 4.81. The van der Waals surface area contributed by atoms with Gasteiger partial charge in [0.1, 0.15) is 12.0 Å². The van der Waals surface area contributed by atoms with Gasteiger partial charge in [-0.3, -0.25) is 19.7 Å². The minimum atomic E-state index is -3.85. The zero-order chi connectivity index (χ0) is 21.9. The van der Waals surface area contributed by atoms with Gasteiger partial charge in [0, 0.05) is 44.9 Å². The average Bonchev–Trinajstić information content (AvgIpc) is 2.78. The van der Waals surface area contributed by atoms with E-state index in [0.717, 1.165) is 4.47 Å². The number of carbonyl (C=O) groups is 1. The Labute approximate surface area is 173 Å². The SMILES string of the molecule is CON(C)S(=O)(=O)c1cccc(C(=O)N2CCN(c3ccc([N+](=O)[O-])cn3)CC2)c1. The molecule has 12 heteroatoms. The van der Waals surface area contributed by atoms with Crippen molar-refractivity contribution >= 4 is 27.4 Å². The van der Waals surface area contributed by atoms with Gasteiger partial charge in [-0.2, -0.15) is 0 Å². The molecule has 0 saturated carbocycles. The lowest BCUT2D eigenvalue weighted by Gasteiger charge is -2.35. The number of sulfonamides is 1. The fourth-order valence-corrected chi connectivity index (χ4v) is 4.05. The number of hydroxylamine groups is 1. The number of benzene rings is 1. The monoisotopic (exact) mass is 435 g/mol. The van der Waals surface area contributed by atoms with Crippen molar-refractivity contribution in [1.29, 1.82) is 0 Å². The van der Waals surface area contributed by atoms with Gasteiger partial charge in [0.25, 0.3) is 21.6 Å². The average molecular weight is 435 g/mol. The molecule has 1 fully saturated rings. The van der Waals surface area contributed by atoms with E-state index in [2.05, 4.69) is 4.98 Å². The van der Waals surface area contributed by atoms with Crippen LogP contribution in [0.25, 0.3) is 0 Å². The molecule has 1 aromatic heterocycles. The van der Waals surface area contributed by atoms with Crippen molar-refractivity contribution in [3.05, 3.63) is 58.3 Å². The molecular formula is C18H21N5O6S. The van der Waals surface area contributed by atoms with Crippen LogP contribution in [0.3, 0.4) is 0 Å². The summed E-state index contributed by atoms with van der Waals surface area (Å²) >= 11 is 0. The fourth-order valence-electron chi connectivity index (χ4n) is 3.03. The van der Waals surface area contributed by atoms with Gasteiger partial charge in [-0.1, -0.05) is 10.5 Å². The fraction of sp³-hybridized carbons (Fsp3) is 0.333. The molecule has 0 N–H and O–H groups in total. The van der Waals surface area contributed by atoms with E-state index in [1.54, 1.807) is 17.0 Å². The van der Waals surface area contributed by atoms with Gasteiger partial charge in [-0.15, -0.1) is 0 Å². The Morgan fingerprint density at radius 2 is 1.90 bits per heavy atom. The van der Waals surface area contributed by atoms with E-state index >= 15 is 0 Å². The Morgan fingerprint density at radius 1 is 1.20 bits per heavy atom. The molecule has 1 saturated heterocycles. The van der Waals surface area contributed by atoms with E-state index < -0.39 is 14.9 Å². The highest BCUT2D eigenvalue weighted by atomic mass is 32.2. The Hall–Kier alpha value is -3.09. The van der Waals surface area contributed by atoms with Crippen molar-refractivity contribution in [2.24, 2.45) is 0 Å².